The molecule has 0 aliphatic carbocycles. The highest BCUT2D eigenvalue weighted by atomic mass is 16.7. The van der Waals surface area contributed by atoms with Crippen LogP contribution in [0.4, 0.5) is 0 Å². The third-order valence-corrected chi connectivity index (χ3v) is 4.37. The smallest absolute Gasteiger partial charge is 0.315 e. The van der Waals surface area contributed by atoms with Gasteiger partial charge in [-0.2, -0.15) is 0 Å². The van der Waals surface area contributed by atoms with Crippen molar-refractivity contribution in [1.82, 2.24) is 0 Å². The number of aliphatic carboxylic acids is 1. The number of hydrogen-bond donors (Lipinski definition) is 5. The van der Waals surface area contributed by atoms with E-state index in [4.69, 9.17) is 19.7 Å². The second kappa shape index (κ2) is 12.0. The van der Waals surface area contributed by atoms with Crippen LogP contribution in [-0.2, 0) is 19.1 Å². The molecule has 0 radical (unpaired) electrons. The fourth-order valence-corrected chi connectivity index (χ4v) is 2.73. The van der Waals surface area contributed by atoms with Gasteiger partial charge in [0.2, 0.25) is 6.29 Å². The lowest BCUT2D eigenvalue weighted by atomic mass is 9.99. The van der Waals surface area contributed by atoms with Crippen LogP contribution in [0.25, 0.3) is 0 Å². The van der Waals surface area contributed by atoms with Crippen molar-refractivity contribution in [2.75, 3.05) is 6.61 Å². The normalized spacial score (nSPS) is 29.6. The van der Waals surface area contributed by atoms with Crippen molar-refractivity contribution >= 4 is 11.9 Å². The molecule has 0 aromatic carbocycles. The van der Waals surface area contributed by atoms with Crippen LogP contribution in [0.15, 0.2) is 12.2 Å². The van der Waals surface area contributed by atoms with Crippen molar-refractivity contribution in [2.24, 2.45) is 5.92 Å². The van der Waals surface area contributed by atoms with Gasteiger partial charge in [-0.3, -0.25) is 9.59 Å². The van der Waals surface area contributed by atoms with E-state index in [2.05, 4.69) is 6.92 Å². The zero-order valence-corrected chi connectivity index (χ0v) is 15.4. The molecule has 2 unspecified atom stereocenters. The van der Waals surface area contributed by atoms with Crippen LogP contribution < -0.4 is 0 Å². The van der Waals surface area contributed by atoms with E-state index in [0.717, 1.165) is 25.7 Å². The Hall–Kier alpha value is -1.52. The lowest BCUT2D eigenvalue weighted by molar-refractivity contribution is -0.293. The number of carbonyl (C=O) groups is 2. The number of allylic oxidation sites excluding steroid dienone is 1. The van der Waals surface area contributed by atoms with Gasteiger partial charge >= 0.3 is 11.9 Å². The number of carbonyl (C=O) groups excluding carboxylic acids is 1. The van der Waals surface area contributed by atoms with E-state index in [1.165, 1.54) is 6.08 Å². The first-order valence-corrected chi connectivity index (χ1v) is 9.21. The SMILES string of the molecule is CCCCCCC=CC(CC(=O)O)C(=O)OC1O[C@H](CO)[C@@H](O)[C@H](O)[C@H]1O. The Morgan fingerprint density at radius 3 is 2.41 bits per heavy atom. The molecule has 0 bridgehead atoms. The summed E-state index contributed by atoms with van der Waals surface area (Å²) in [6.45, 7) is 1.43. The van der Waals surface area contributed by atoms with E-state index < -0.39 is 61.6 Å². The van der Waals surface area contributed by atoms with Gasteiger partial charge in [-0.15, -0.1) is 0 Å². The second-order valence-electron chi connectivity index (χ2n) is 6.62. The first-order chi connectivity index (χ1) is 12.8. The highest BCUT2D eigenvalue weighted by Gasteiger charge is 2.45. The van der Waals surface area contributed by atoms with Gasteiger partial charge in [-0.05, 0) is 12.8 Å². The third kappa shape index (κ3) is 7.55. The molecule has 156 valence electrons. The molecule has 0 spiro atoms. The maximum Gasteiger partial charge on any atom is 0.315 e. The quantitative estimate of drug-likeness (QED) is 0.185. The topological polar surface area (TPSA) is 154 Å². The predicted octanol–water partition coefficient (Wildman–Crippen LogP) is -0.0530. The minimum Gasteiger partial charge on any atom is -0.481 e. The maximum atomic E-state index is 12.3. The van der Waals surface area contributed by atoms with Crippen LogP contribution in [-0.4, -0.2) is 74.8 Å². The molecule has 27 heavy (non-hydrogen) atoms. The van der Waals surface area contributed by atoms with Crippen LogP contribution in [0.2, 0.25) is 0 Å². The minimum atomic E-state index is -1.73. The fraction of sp³-hybridized carbons (Fsp3) is 0.778. The molecule has 1 saturated heterocycles. The molecule has 5 N–H and O–H groups in total. The summed E-state index contributed by atoms with van der Waals surface area (Å²) in [7, 11) is 0. The standard InChI is InChI=1S/C18H30O9/c1-2-3-4-5-6-7-8-11(9-13(20)21)17(25)27-18-16(24)15(23)14(22)12(10-19)26-18/h7-8,11-12,14-16,18-19,22-24H,2-6,9-10H2,1H3,(H,20,21)/t11?,12-,14-,15+,16-,18?/m1/s1. The van der Waals surface area contributed by atoms with E-state index >= 15 is 0 Å². The van der Waals surface area contributed by atoms with Crippen LogP contribution in [0.5, 0.6) is 0 Å². The number of carboxylic acids is 1. The number of esters is 1. The molecule has 1 aliphatic rings. The van der Waals surface area contributed by atoms with E-state index in [9.17, 15) is 24.9 Å². The van der Waals surface area contributed by atoms with Crippen LogP contribution in [0.3, 0.4) is 0 Å². The number of rotatable bonds is 11. The van der Waals surface area contributed by atoms with Gasteiger partial charge in [0.25, 0.3) is 0 Å². The van der Waals surface area contributed by atoms with E-state index in [1.807, 2.05) is 0 Å². The molecule has 1 heterocycles. The average molecular weight is 390 g/mol. The molecule has 1 aliphatic heterocycles. The number of carboxylic acid groups (broad SMARTS) is 1. The summed E-state index contributed by atoms with van der Waals surface area (Å²) in [6.07, 6.45) is -0.284. The van der Waals surface area contributed by atoms with Gasteiger partial charge in [0, 0.05) is 0 Å². The van der Waals surface area contributed by atoms with Crippen molar-refractivity contribution in [3.8, 4) is 0 Å². The van der Waals surface area contributed by atoms with E-state index in [0.29, 0.717) is 6.42 Å². The number of unbranched alkanes of at least 4 members (excludes halogenated alkanes) is 4. The lowest BCUT2D eigenvalue weighted by Crippen LogP contribution is -2.59. The summed E-state index contributed by atoms with van der Waals surface area (Å²) >= 11 is 0. The summed E-state index contributed by atoms with van der Waals surface area (Å²) < 4.78 is 10.1. The predicted molar refractivity (Wildman–Crippen MR) is 93.5 cm³/mol. The highest BCUT2D eigenvalue weighted by Crippen LogP contribution is 2.23. The van der Waals surface area contributed by atoms with Gasteiger partial charge in [0.05, 0.1) is 18.9 Å². The zero-order chi connectivity index (χ0) is 20.4. The molecular formula is C18H30O9. The fourth-order valence-electron chi connectivity index (χ4n) is 2.73. The van der Waals surface area contributed by atoms with Gasteiger partial charge in [-0.1, -0.05) is 38.3 Å². The largest absolute Gasteiger partial charge is 0.481 e. The Kier molecular flexibility index (Phi) is 10.5. The van der Waals surface area contributed by atoms with Gasteiger partial charge in [-0.25, -0.2) is 0 Å². The molecule has 6 atom stereocenters. The molecule has 0 aromatic rings. The van der Waals surface area contributed by atoms with E-state index in [1.54, 1.807) is 6.08 Å². The van der Waals surface area contributed by atoms with Crippen molar-refractivity contribution in [1.29, 1.82) is 0 Å². The molecule has 9 heteroatoms. The number of aliphatic hydroxyl groups is 4. The Morgan fingerprint density at radius 2 is 1.81 bits per heavy atom. The summed E-state index contributed by atoms with van der Waals surface area (Å²) in [5, 5.41) is 47.5. The molecule has 0 amide bonds. The first kappa shape index (κ1) is 23.5. The maximum absolute atomic E-state index is 12.3. The second-order valence-corrected chi connectivity index (χ2v) is 6.62. The summed E-state index contributed by atoms with van der Waals surface area (Å²) in [4.78, 5) is 23.3. The van der Waals surface area contributed by atoms with Crippen molar-refractivity contribution in [3.05, 3.63) is 12.2 Å². The summed E-state index contributed by atoms with van der Waals surface area (Å²) in [6, 6.07) is 0. The monoisotopic (exact) mass is 390 g/mol. The van der Waals surface area contributed by atoms with E-state index in [-0.39, 0.29) is 0 Å². The zero-order valence-electron chi connectivity index (χ0n) is 15.4. The molecular weight excluding hydrogens is 360 g/mol. The number of aliphatic hydroxyl groups excluding tert-OH is 4. The molecule has 0 saturated carbocycles. The van der Waals surface area contributed by atoms with Crippen LogP contribution in [0, 0.1) is 5.92 Å². The van der Waals surface area contributed by atoms with Crippen molar-refractivity contribution in [3.63, 3.8) is 0 Å². The molecule has 0 aromatic heterocycles. The molecule has 1 fully saturated rings. The first-order valence-electron chi connectivity index (χ1n) is 9.21. The Labute approximate surface area is 158 Å². The third-order valence-electron chi connectivity index (χ3n) is 4.37. The Bertz CT molecular complexity index is 491. The van der Waals surface area contributed by atoms with Crippen LogP contribution >= 0.6 is 0 Å². The van der Waals surface area contributed by atoms with Crippen molar-refractivity contribution < 1.29 is 44.6 Å². The van der Waals surface area contributed by atoms with Crippen LogP contribution in [0.1, 0.15) is 45.4 Å². The number of hydrogen-bond acceptors (Lipinski definition) is 8. The molecule has 1 rings (SSSR count). The Morgan fingerprint density at radius 1 is 1.11 bits per heavy atom. The van der Waals surface area contributed by atoms with Gasteiger partial charge in [0.15, 0.2) is 0 Å². The minimum absolute atomic E-state index is 0.498. The average Bonchev–Trinajstić information content (AvgIpc) is 2.63. The highest BCUT2D eigenvalue weighted by molar-refractivity contribution is 5.80. The summed E-state index contributed by atoms with van der Waals surface area (Å²) in [5.41, 5.74) is 0. The van der Waals surface area contributed by atoms with Gasteiger partial charge in [0.1, 0.15) is 24.4 Å². The van der Waals surface area contributed by atoms with Crippen molar-refractivity contribution in [2.45, 2.75) is 76.2 Å². The summed E-state index contributed by atoms with van der Waals surface area (Å²) in [5.74, 6) is -3.21. The molecule has 9 nitrogen and oxygen atoms in total. The lowest BCUT2D eigenvalue weighted by Gasteiger charge is -2.39. The Balaban J connectivity index is 2.69. The van der Waals surface area contributed by atoms with Gasteiger partial charge < -0.3 is 35.0 Å². The number of ether oxygens (including phenoxy) is 2.